The molecule has 0 rings (SSSR count). The van der Waals surface area contributed by atoms with Crippen molar-refractivity contribution in [3.63, 3.8) is 0 Å². The monoisotopic (exact) mass is 1510 g/mol. The standard InChI is InChI=1S/C40H76O2.C31H62O2.C30H60O2/c1-3-5-7-9-11-13-15-17-19-21-22-24-26-28-30-32-34-36-38-39(40(41)42)37-35-33-31-29-27-25-23-20-18-16-14-12-10-8-6-4-2;1-3-5-7-9-11-13-15-16-17-19-21-23-25-27-29-30(31(32)33)28-26-24-22-20-18-14-12-10-8-6-4-2;1-3-5-7-9-11-13-15-16-17-18-20-22-24-26-28-29(30(31)32)27-25-23-21-19-14-12-10-8-6-4-2/h17-20,39H,3-16,21-38H2,1-2H3,(H,41,42);30H,3-29H2,1-2H3,(H,32,33);29H,3-28H2,1-2H3,(H,31,32)/b19-17-,20-18-;;. The molecule has 0 aliphatic heterocycles. The number of carbonyl (C=O) groups is 3. The van der Waals surface area contributed by atoms with Crippen LogP contribution in [0, 0.1) is 17.8 Å². The van der Waals surface area contributed by atoms with Crippen molar-refractivity contribution in [1.82, 2.24) is 0 Å². The van der Waals surface area contributed by atoms with E-state index in [1.54, 1.807) is 0 Å². The number of hydrogen-bond acceptors (Lipinski definition) is 3. The maximum Gasteiger partial charge on any atom is 0.306 e. The first-order valence-corrected chi connectivity index (χ1v) is 49.6. The lowest BCUT2D eigenvalue weighted by Crippen LogP contribution is -2.13. The molecule has 3 unspecified atom stereocenters. The Morgan fingerprint density at radius 1 is 0.159 bits per heavy atom. The van der Waals surface area contributed by atoms with Gasteiger partial charge in [-0.05, 0) is 89.9 Å². The van der Waals surface area contributed by atoms with Crippen LogP contribution in [-0.4, -0.2) is 33.2 Å². The minimum Gasteiger partial charge on any atom is -0.481 e. The van der Waals surface area contributed by atoms with E-state index < -0.39 is 17.9 Å². The van der Waals surface area contributed by atoms with E-state index >= 15 is 0 Å². The summed E-state index contributed by atoms with van der Waals surface area (Å²) >= 11 is 0. The van der Waals surface area contributed by atoms with Crippen LogP contribution in [0.4, 0.5) is 0 Å². The van der Waals surface area contributed by atoms with Crippen molar-refractivity contribution in [3.05, 3.63) is 24.3 Å². The van der Waals surface area contributed by atoms with Gasteiger partial charge in [-0.25, -0.2) is 0 Å². The summed E-state index contributed by atoms with van der Waals surface area (Å²) in [4.78, 5) is 34.8. The molecule has 0 saturated heterocycles. The minimum atomic E-state index is -0.566. The molecule has 3 N–H and O–H groups in total. The summed E-state index contributed by atoms with van der Waals surface area (Å²) in [6.07, 6.45) is 120. The molecule has 6 heteroatoms. The number of unbranched alkanes of at least 4 members (excludes halogenated alkanes) is 71. The fraction of sp³-hybridized carbons (Fsp3) is 0.931. The van der Waals surface area contributed by atoms with Crippen LogP contribution in [0.1, 0.15) is 587 Å². The Balaban J connectivity index is -0.00000154. The zero-order valence-electron chi connectivity index (χ0n) is 74.2. The molecule has 0 saturated carbocycles. The Kier molecular flexibility index (Phi) is 102. The molecule has 0 radical (unpaired) electrons. The van der Waals surface area contributed by atoms with Crippen molar-refractivity contribution < 1.29 is 29.7 Å². The van der Waals surface area contributed by atoms with Gasteiger partial charge >= 0.3 is 17.9 Å². The number of carboxylic acid groups (broad SMARTS) is 3. The lowest BCUT2D eigenvalue weighted by molar-refractivity contribution is -0.143. The second-order valence-electron chi connectivity index (χ2n) is 34.3. The molecule has 0 aromatic rings. The van der Waals surface area contributed by atoms with Crippen LogP contribution in [0.15, 0.2) is 24.3 Å². The molecule has 0 amide bonds. The van der Waals surface area contributed by atoms with Crippen LogP contribution in [0.25, 0.3) is 0 Å². The van der Waals surface area contributed by atoms with Crippen molar-refractivity contribution >= 4 is 17.9 Å². The summed E-state index contributed by atoms with van der Waals surface area (Å²) in [5, 5.41) is 28.7. The highest BCUT2D eigenvalue weighted by atomic mass is 16.4. The van der Waals surface area contributed by atoms with Crippen molar-refractivity contribution in [2.45, 2.75) is 587 Å². The maximum atomic E-state index is 11.7. The summed E-state index contributed by atoms with van der Waals surface area (Å²) in [6.45, 7) is 13.7. The fourth-order valence-electron chi connectivity index (χ4n) is 15.9. The van der Waals surface area contributed by atoms with E-state index in [9.17, 15) is 29.7 Å². The second kappa shape index (κ2) is 100.0. The van der Waals surface area contributed by atoms with Gasteiger partial charge in [0.15, 0.2) is 0 Å². The molecule has 0 heterocycles. The van der Waals surface area contributed by atoms with Gasteiger partial charge in [0.05, 0.1) is 17.8 Å². The average molecular weight is 1510 g/mol. The number of rotatable bonds is 90. The van der Waals surface area contributed by atoms with Gasteiger partial charge in [-0.15, -0.1) is 0 Å². The number of aliphatic carboxylic acids is 3. The first kappa shape index (κ1) is 109. The molecule has 107 heavy (non-hydrogen) atoms. The van der Waals surface area contributed by atoms with Crippen LogP contribution in [-0.2, 0) is 14.4 Å². The van der Waals surface area contributed by atoms with Crippen LogP contribution >= 0.6 is 0 Å². The molecule has 3 atom stereocenters. The third-order valence-corrected chi connectivity index (χ3v) is 23.6. The number of hydrogen-bond donors (Lipinski definition) is 3. The van der Waals surface area contributed by atoms with Gasteiger partial charge < -0.3 is 15.3 Å². The Labute approximate surface area is 673 Å². The SMILES string of the molecule is CCCCCCCC/C=C\CCCCCCCCCCC(CCCCCCCC/C=C\CCCCCCCC)C(=O)O.CCCCCCCCCCCCCCCCC(CCCCCCCCCCCC)C(=O)O.CCCCCCCCCCCCCCCCC(CCCCCCCCCCCCC)C(=O)O. The molecule has 0 aromatic heterocycles. The van der Waals surface area contributed by atoms with Gasteiger partial charge in [-0.3, -0.25) is 14.4 Å². The smallest absolute Gasteiger partial charge is 0.306 e. The fourth-order valence-corrected chi connectivity index (χ4v) is 15.9. The van der Waals surface area contributed by atoms with E-state index in [4.69, 9.17) is 0 Å². The van der Waals surface area contributed by atoms with Gasteiger partial charge in [-0.2, -0.15) is 0 Å². The van der Waals surface area contributed by atoms with Crippen LogP contribution < -0.4 is 0 Å². The highest BCUT2D eigenvalue weighted by molar-refractivity contribution is 5.70. The predicted molar refractivity (Wildman–Crippen MR) is 478 cm³/mol. The van der Waals surface area contributed by atoms with Gasteiger partial charge in [0.25, 0.3) is 0 Å². The highest BCUT2D eigenvalue weighted by Crippen LogP contribution is 2.25. The molecule has 0 bridgehead atoms. The average Bonchev–Trinajstić information content (AvgIpc) is 1.04. The van der Waals surface area contributed by atoms with Crippen LogP contribution in [0.3, 0.4) is 0 Å². The molecule has 0 fully saturated rings. The lowest BCUT2D eigenvalue weighted by Gasteiger charge is -2.12. The van der Waals surface area contributed by atoms with Gasteiger partial charge in [0.2, 0.25) is 0 Å². The third kappa shape index (κ3) is 98.0. The van der Waals surface area contributed by atoms with E-state index in [1.165, 1.54) is 469 Å². The summed E-state index contributed by atoms with van der Waals surface area (Å²) in [5.41, 5.74) is 0. The van der Waals surface area contributed by atoms with Crippen molar-refractivity contribution in [2.24, 2.45) is 17.8 Å². The Hall–Kier alpha value is -2.11. The van der Waals surface area contributed by atoms with E-state index in [2.05, 4.69) is 65.8 Å². The zero-order valence-corrected chi connectivity index (χ0v) is 74.2. The molecule has 0 aliphatic rings. The number of allylic oxidation sites excluding steroid dienone is 4. The summed E-state index contributed by atoms with van der Waals surface area (Å²) in [6, 6.07) is 0. The third-order valence-electron chi connectivity index (χ3n) is 23.6. The van der Waals surface area contributed by atoms with Gasteiger partial charge in [0.1, 0.15) is 0 Å². The Morgan fingerprint density at radius 2 is 0.252 bits per heavy atom. The molecule has 0 aromatic carbocycles. The van der Waals surface area contributed by atoms with Gasteiger partial charge in [0, 0.05) is 0 Å². The first-order valence-electron chi connectivity index (χ1n) is 49.6. The number of carboxylic acids is 3. The normalized spacial score (nSPS) is 12.4. The summed E-state index contributed by atoms with van der Waals surface area (Å²) in [5.74, 6) is -1.99. The summed E-state index contributed by atoms with van der Waals surface area (Å²) in [7, 11) is 0. The molecule has 0 spiro atoms. The van der Waals surface area contributed by atoms with Crippen molar-refractivity contribution in [3.8, 4) is 0 Å². The van der Waals surface area contributed by atoms with Crippen molar-refractivity contribution in [2.75, 3.05) is 0 Å². The summed E-state index contributed by atoms with van der Waals surface area (Å²) < 4.78 is 0. The molecule has 638 valence electrons. The lowest BCUT2D eigenvalue weighted by atomic mass is 9.94. The quantitative estimate of drug-likeness (QED) is 0.0413. The molecular formula is C101H198O6. The Morgan fingerprint density at radius 3 is 0.355 bits per heavy atom. The van der Waals surface area contributed by atoms with E-state index in [-0.39, 0.29) is 17.8 Å². The predicted octanol–water partition coefficient (Wildman–Crippen LogP) is 36.5. The zero-order chi connectivity index (χ0) is 78.4. The first-order chi connectivity index (χ1) is 52.7. The maximum absolute atomic E-state index is 11.7. The van der Waals surface area contributed by atoms with Crippen LogP contribution in [0.2, 0.25) is 0 Å². The topological polar surface area (TPSA) is 112 Å². The van der Waals surface area contributed by atoms with Gasteiger partial charge in [-0.1, -0.05) is 522 Å². The second-order valence-corrected chi connectivity index (χ2v) is 34.3. The molecular weight excluding hydrogens is 1310 g/mol. The largest absolute Gasteiger partial charge is 0.481 e. The van der Waals surface area contributed by atoms with E-state index in [0.717, 1.165) is 77.0 Å². The van der Waals surface area contributed by atoms with Crippen molar-refractivity contribution in [1.29, 1.82) is 0 Å². The highest BCUT2D eigenvalue weighted by Gasteiger charge is 2.19. The Bertz CT molecular complexity index is 1700. The molecule has 0 aliphatic carbocycles. The van der Waals surface area contributed by atoms with Crippen LogP contribution in [0.5, 0.6) is 0 Å². The minimum absolute atomic E-state index is 0.0960. The van der Waals surface area contributed by atoms with E-state index in [0.29, 0.717) is 0 Å². The van der Waals surface area contributed by atoms with E-state index in [1.807, 2.05) is 0 Å². The molecule has 6 nitrogen and oxygen atoms in total.